The van der Waals surface area contributed by atoms with Crippen molar-refractivity contribution in [2.45, 2.75) is 43.0 Å². The van der Waals surface area contributed by atoms with Gasteiger partial charge in [-0.05, 0) is 55.2 Å². The highest BCUT2D eigenvalue weighted by Gasteiger charge is 2.26. The number of nitrogens with one attached hydrogen (secondary N) is 2. The summed E-state index contributed by atoms with van der Waals surface area (Å²) in [4.78, 5) is 12.6. The Morgan fingerprint density at radius 3 is 2.37 bits per heavy atom. The van der Waals surface area contributed by atoms with Gasteiger partial charge in [-0.15, -0.1) is 0 Å². The number of carbonyl (C=O) groups is 1. The van der Waals surface area contributed by atoms with Gasteiger partial charge >= 0.3 is 0 Å². The molecule has 0 aromatic heterocycles. The lowest BCUT2D eigenvalue weighted by molar-refractivity contribution is 0.0954. The average molecular weight is 433 g/mol. The average Bonchev–Trinajstić information content (AvgIpc) is 3.26. The van der Waals surface area contributed by atoms with Crippen LogP contribution in [0.4, 0.5) is 0 Å². The van der Waals surface area contributed by atoms with Crippen LogP contribution in [0.5, 0.6) is 11.5 Å². The molecule has 2 aromatic rings. The van der Waals surface area contributed by atoms with Gasteiger partial charge in [-0.3, -0.25) is 4.79 Å². The van der Waals surface area contributed by atoms with Crippen molar-refractivity contribution in [2.75, 3.05) is 20.8 Å². The summed E-state index contributed by atoms with van der Waals surface area (Å²) in [5, 5.41) is 2.84. The Morgan fingerprint density at radius 1 is 1.03 bits per heavy atom. The predicted octanol–water partition coefficient (Wildman–Crippen LogP) is 2.90. The molecule has 1 saturated carbocycles. The second-order valence-corrected chi connectivity index (χ2v) is 9.00. The summed E-state index contributed by atoms with van der Waals surface area (Å²) in [5.41, 5.74) is 1.34. The van der Waals surface area contributed by atoms with Gasteiger partial charge in [0.25, 0.3) is 5.91 Å². The number of ether oxygens (including phenoxy) is 2. The maximum atomic E-state index is 12.9. The molecule has 1 amide bonds. The van der Waals surface area contributed by atoms with Crippen LogP contribution >= 0.6 is 0 Å². The lowest BCUT2D eigenvalue weighted by atomic mass is 10.1. The number of methoxy groups -OCH3 is 2. The Kier molecular flexibility index (Phi) is 7.33. The summed E-state index contributed by atoms with van der Waals surface area (Å²) in [6, 6.07) is 12.0. The van der Waals surface area contributed by atoms with Crippen molar-refractivity contribution in [3.8, 4) is 11.5 Å². The molecule has 8 heteroatoms. The van der Waals surface area contributed by atoms with Gasteiger partial charge < -0.3 is 14.8 Å². The highest BCUT2D eigenvalue weighted by Crippen LogP contribution is 2.27. The summed E-state index contributed by atoms with van der Waals surface area (Å²) in [6.45, 7) is 0.430. The maximum absolute atomic E-state index is 12.9. The summed E-state index contributed by atoms with van der Waals surface area (Å²) in [7, 11) is -0.751. The molecule has 0 unspecified atom stereocenters. The van der Waals surface area contributed by atoms with Crippen molar-refractivity contribution in [1.29, 1.82) is 0 Å². The first-order valence-corrected chi connectivity index (χ1v) is 11.5. The number of hydrogen-bond acceptors (Lipinski definition) is 5. The van der Waals surface area contributed by atoms with Crippen LogP contribution < -0.4 is 19.5 Å². The van der Waals surface area contributed by atoms with Crippen molar-refractivity contribution < 1.29 is 22.7 Å². The molecule has 1 fully saturated rings. The van der Waals surface area contributed by atoms with E-state index in [1.165, 1.54) is 19.2 Å². The molecule has 30 heavy (non-hydrogen) atoms. The number of benzene rings is 2. The molecular formula is C22H28N2O5S. The standard InChI is InChI=1S/C22H28N2O5S/c1-28-19-10-7-16(8-11-19)13-14-23-22(25)17-9-12-20(29-2)21(15-17)30(26,27)24-18-5-3-4-6-18/h7-12,15,18,24H,3-6,13-14H2,1-2H3,(H,23,25). The molecule has 162 valence electrons. The van der Waals surface area contributed by atoms with Gasteiger partial charge in [0.15, 0.2) is 0 Å². The number of rotatable bonds is 9. The monoisotopic (exact) mass is 432 g/mol. The Morgan fingerprint density at radius 2 is 1.73 bits per heavy atom. The molecule has 0 radical (unpaired) electrons. The fourth-order valence-electron chi connectivity index (χ4n) is 3.57. The van der Waals surface area contributed by atoms with Gasteiger partial charge in [0.05, 0.1) is 14.2 Å². The van der Waals surface area contributed by atoms with E-state index >= 15 is 0 Å². The lowest BCUT2D eigenvalue weighted by Gasteiger charge is -2.16. The predicted molar refractivity (Wildman–Crippen MR) is 115 cm³/mol. The van der Waals surface area contributed by atoms with Gasteiger partial charge in [0.2, 0.25) is 10.0 Å². The van der Waals surface area contributed by atoms with E-state index in [-0.39, 0.29) is 28.2 Å². The van der Waals surface area contributed by atoms with E-state index < -0.39 is 10.0 Å². The molecule has 0 aliphatic heterocycles. The molecule has 7 nitrogen and oxygen atoms in total. The molecule has 1 aliphatic carbocycles. The van der Waals surface area contributed by atoms with Crippen LogP contribution in [0.3, 0.4) is 0 Å². The third-order valence-electron chi connectivity index (χ3n) is 5.25. The normalized spacial score (nSPS) is 14.5. The molecule has 0 spiro atoms. The summed E-state index contributed by atoms with van der Waals surface area (Å²) < 4.78 is 38.8. The van der Waals surface area contributed by atoms with Crippen LogP contribution in [0.15, 0.2) is 47.4 Å². The van der Waals surface area contributed by atoms with E-state index in [1.54, 1.807) is 13.2 Å². The SMILES string of the molecule is COc1ccc(CCNC(=O)c2ccc(OC)c(S(=O)(=O)NC3CCCC3)c2)cc1. The van der Waals surface area contributed by atoms with Crippen molar-refractivity contribution in [3.63, 3.8) is 0 Å². The van der Waals surface area contributed by atoms with Crippen LogP contribution in [-0.4, -0.2) is 41.1 Å². The van der Waals surface area contributed by atoms with E-state index in [4.69, 9.17) is 9.47 Å². The molecule has 2 N–H and O–H groups in total. The number of hydrogen-bond donors (Lipinski definition) is 2. The molecule has 0 heterocycles. The Hall–Kier alpha value is -2.58. The molecule has 1 aliphatic rings. The van der Waals surface area contributed by atoms with E-state index in [0.717, 1.165) is 37.0 Å². The van der Waals surface area contributed by atoms with Crippen molar-refractivity contribution in [2.24, 2.45) is 0 Å². The van der Waals surface area contributed by atoms with Crippen LogP contribution in [-0.2, 0) is 16.4 Å². The van der Waals surface area contributed by atoms with Crippen molar-refractivity contribution >= 4 is 15.9 Å². The number of carbonyl (C=O) groups excluding carboxylic acids is 1. The zero-order valence-corrected chi connectivity index (χ0v) is 18.1. The van der Waals surface area contributed by atoms with Crippen LogP contribution in [0.2, 0.25) is 0 Å². The third kappa shape index (κ3) is 5.52. The minimum absolute atomic E-state index is 0.0142. The van der Waals surface area contributed by atoms with E-state index in [0.29, 0.717) is 13.0 Å². The third-order valence-corrected chi connectivity index (χ3v) is 6.79. The quantitative estimate of drug-likeness (QED) is 0.636. The number of amides is 1. The van der Waals surface area contributed by atoms with E-state index in [9.17, 15) is 13.2 Å². The zero-order chi connectivity index (χ0) is 21.6. The van der Waals surface area contributed by atoms with Crippen LogP contribution in [0.1, 0.15) is 41.6 Å². The fourth-order valence-corrected chi connectivity index (χ4v) is 5.07. The second-order valence-electron chi connectivity index (χ2n) is 7.32. The fraction of sp³-hybridized carbons (Fsp3) is 0.409. The molecule has 0 bridgehead atoms. The van der Waals surface area contributed by atoms with E-state index in [2.05, 4.69) is 10.0 Å². The minimum Gasteiger partial charge on any atom is -0.497 e. The van der Waals surface area contributed by atoms with Gasteiger partial charge in [0, 0.05) is 18.2 Å². The van der Waals surface area contributed by atoms with Crippen molar-refractivity contribution in [3.05, 3.63) is 53.6 Å². The van der Waals surface area contributed by atoms with Crippen LogP contribution in [0.25, 0.3) is 0 Å². The first kappa shape index (κ1) is 22.1. The first-order valence-electron chi connectivity index (χ1n) is 10.0. The first-order chi connectivity index (χ1) is 14.4. The summed E-state index contributed by atoms with van der Waals surface area (Å²) in [5.74, 6) is 0.666. The molecular weight excluding hydrogens is 404 g/mol. The second kappa shape index (κ2) is 9.95. The Labute approximate surface area is 177 Å². The molecule has 2 aromatic carbocycles. The molecule has 3 rings (SSSR count). The zero-order valence-electron chi connectivity index (χ0n) is 17.3. The number of sulfonamides is 1. The topological polar surface area (TPSA) is 93.7 Å². The van der Waals surface area contributed by atoms with E-state index in [1.807, 2.05) is 24.3 Å². The Bertz CT molecular complexity index is 968. The van der Waals surface area contributed by atoms with Gasteiger partial charge in [-0.25, -0.2) is 13.1 Å². The van der Waals surface area contributed by atoms with Gasteiger partial charge in [-0.1, -0.05) is 25.0 Å². The lowest BCUT2D eigenvalue weighted by Crippen LogP contribution is -2.33. The maximum Gasteiger partial charge on any atom is 0.251 e. The highest BCUT2D eigenvalue weighted by molar-refractivity contribution is 7.89. The van der Waals surface area contributed by atoms with Gasteiger partial charge in [0.1, 0.15) is 16.4 Å². The Balaban J connectivity index is 1.67. The summed E-state index contributed by atoms with van der Waals surface area (Å²) >= 11 is 0. The van der Waals surface area contributed by atoms with Crippen LogP contribution in [0, 0.1) is 0 Å². The largest absolute Gasteiger partial charge is 0.497 e. The summed E-state index contributed by atoms with van der Waals surface area (Å²) in [6.07, 6.45) is 4.34. The smallest absolute Gasteiger partial charge is 0.251 e. The molecule has 0 atom stereocenters. The molecule has 0 saturated heterocycles. The van der Waals surface area contributed by atoms with Gasteiger partial charge in [-0.2, -0.15) is 0 Å². The van der Waals surface area contributed by atoms with Crippen molar-refractivity contribution in [1.82, 2.24) is 10.0 Å². The minimum atomic E-state index is -3.78. The highest BCUT2D eigenvalue weighted by atomic mass is 32.2.